The van der Waals surface area contributed by atoms with Gasteiger partial charge < -0.3 is 20.1 Å². The monoisotopic (exact) mass is 340 g/mol. The molecule has 0 radical (unpaired) electrons. The summed E-state index contributed by atoms with van der Waals surface area (Å²) in [7, 11) is 1.78. The van der Waals surface area contributed by atoms with Crippen molar-refractivity contribution in [2.45, 2.75) is 46.1 Å². The van der Waals surface area contributed by atoms with Gasteiger partial charge in [0.15, 0.2) is 11.6 Å². The summed E-state index contributed by atoms with van der Waals surface area (Å²) < 4.78 is 19.5. The molecule has 0 bridgehead atoms. The van der Waals surface area contributed by atoms with E-state index in [0.717, 1.165) is 17.7 Å². The Morgan fingerprint density at radius 2 is 2.04 bits per heavy atom. The fraction of sp³-hybridized carbons (Fsp3) is 0.611. The van der Waals surface area contributed by atoms with E-state index < -0.39 is 11.9 Å². The van der Waals surface area contributed by atoms with E-state index >= 15 is 0 Å². The van der Waals surface area contributed by atoms with Crippen molar-refractivity contribution in [1.82, 2.24) is 5.32 Å². The van der Waals surface area contributed by atoms with E-state index in [9.17, 15) is 14.3 Å². The summed E-state index contributed by atoms with van der Waals surface area (Å²) in [5, 5.41) is 12.0. The number of hydrogen-bond acceptors (Lipinski definition) is 4. The quantitative estimate of drug-likeness (QED) is 0.884. The van der Waals surface area contributed by atoms with Crippen LogP contribution in [0.1, 0.15) is 39.2 Å². The molecule has 136 valence electrons. The van der Waals surface area contributed by atoms with E-state index in [4.69, 9.17) is 4.74 Å². The summed E-state index contributed by atoms with van der Waals surface area (Å²) in [4.78, 5) is 13.5. The van der Waals surface area contributed by atoms with Gasteiger partial charge in [-0.05, 0) is 24.5 Å². The van der Waals surface area contributed by atoms with Crippen LogP contribution in [-0.4, -0.2) is 43.9 Å². The molecule has 1 aliphatic heterocycles. The Balaban J connectivity index is 0.000000891. The molecule has 1 aromatic carbocycles. The van der Waals surface area contributed by atoms with Gasteiger partial charge in [0.05, 0.1) is 25.8 Å². The number of nitrogens with one attached hydrogen (secondary N) is 1. The number of ether oxygens (including phenoxy) is 1. The molecule has 6 heteroatoms. The lowest BCUT2D eigenvalue weighted by atomic mass is 10.0. The van der Waals surface area contributed by atoms with Crippen LogP contribution in [0.25, 0.3) is 0 Å². The predicted molar refractivity (Wildman–Crippen MR) is 94.1 cm³/mol. The molecule has 2 rings (SSSR count). The second kappa shape index (κ2) is 10.1. The van der Waals surface area contributed by atoms with Crippen molar-refractivity contribution in [3.63, 3.8) is 0 Å². The second-order valence-corrected chi connectivity index (χ2v) is 5.97. The van der Waals surface area contributed by atoms with Crippen LogP contribution < -0.4 is 15.0 Å². The maximum Gasteiger partial charge on any atom is 0.239 e. The lowest BCUT2D eigenvalue weighted by Gasteiger charge is -2.29. The van der Waals surface area contributed by atoms with Crippen molar-refractivity contribution in [2.24, 2.45) is 0 Å². The van der Waals surface area contributed by atoms with Crippen LogP contribution in [-0.2, 0) is 11.2 Å². The fourth-order valence-corrected chi connectivity index (χ4v) is 2.43. The first-order chi connectivity index (χ1) is 11.5. The van der Waals surface area contributed by atoms with Crippen LogP contribution in [0, 0.1) is 5.82 Å². The Morgan fingerprint density at radius 3 is 2.62 bits per heavy atom. The lowest BCUT2D eigenvalue weighted by Crippen LogP contribution is -2.46. The maximum absolute atomic E-state index is 14.1. The number of aliphatic hydroxyl groups is 1. The normalized spacial score (nSPS) is 17.0. The van der Waals surface area contributed by atoms with Crippen molar-refractivity contribution >= 4 is 11.6 Å². The second-order valence-electron chi connectivity index (χ2n) is 5.97. The van der Waals surface area contributed by atoms with Crippen molar-refractivity contribution in [3.8, 4) is 5.75 Å². The van der Waals surface area contributed by atoms with Gasteiger partial charge in [0.2, 0.25) is 5.91 Å². The zero-order valence-electron chi connectivity index (χ0n) is 15.1. The van der Waals surface area contributed by atoms with Gasteiger partial charge in [0.1, 0.15) is 0 Å². The Kier molecular flexibility index (Phi) is 8.54. The first-order valence-electron chi connectivity index (χ1n) is 8.53. The highest BCUT2D eigenvalue weighted by Crippen LogP contribution is 2.30. The number of nitrogens with zero attached hydrogens (tertiary/aromatic N) is 1. The van der Waals surface area contributed by atoms with Crippen LogP contribution in [0.5, 0.6) is 5.75 Å². The number of hydrogen-bond donors (Lipinski definition) is 2. The average Bonchev–Trinajstić information content (AvgIpc) is 2.52. The molecule has 24 heavy (non-hydrogen) atoms. The minimum atomic E-state index is -0.417. The number of carbonyl (C=O) groups is 1. The number of anilines is 1. The summed E-state index contributed by atoms with van der Waals surface area (Å²) in [5.74, 6) is -0.384. The van der Waals surface area contributed by atoms with Gasteiger partial charge in [-0.1, -0.05) is 27.2 Å². The van der Waals surface area contributed by atoms with Crippen molar-refractivity contribution in [1.29, 1.82) is 0 Å². The SMILES string of the molecule is CCC.CCCOc1cc2c(cc1F)CC(CO)NC(=O)CN2C. The largest absolute Gasteiger partial charge is 0.490 e. The predicted octanol–water partition coefficient (Wildman–Crippen LogP) is 2.50. The van der Waals surface area contributed by atoms with Crippen LogP contribution in [0.15, 0.2) is 12.1 Å². The molecular weight excluding hydrogens is 311 g/mol. The third-order valence-corrected chi connectivity index (χ3v) is 3.44. The molecule has 1 aromatic rings. The zero-order valence-corrected chi connectivity index (χ0v) is 15.1. The third-order valence-electron chi connectivity index (χ3n) is 3.44. The Bertz CT molecular complexity index is 537. The van der Waals surface area contributed by atoms with Crippen LogP contribution in [0.2, 0.25) is 0 Å². The molecule has 1 heterocycles. The highest BCUT2D eigenvalue weighted by atomic mass is 19.1. The van der Waals surface area contributed by atoms with Gasteiger partial charge in [0, 0.05) is 18.8 Å². The lowest BCUT2D eigenvalue weighted by molar-refractivity contribution is -0.120. The van der Waals surface area contributed by atoms with Crippen LogP contribution >= 0.6 is 0 Å². The average molecular weight is 340 g/mol. The van der Waals surface area contributed by atoms with Gasteiger partial charge in [-0.2, -0.15) is 0 Å². The number of carbonyl (C=O) groups excluding carboxylic acids is 1. The van der Waals surface area contributed by atoms with Crippen LogP contribution in [0.3, 0.4) is 0 Å². The molecule has 1 atom stereocenters. The van der Waals surface area contributed by atoms with Gasteiger partial charge in [-0.25, -0.2) is 4.39 Å². The number of likely N-dealkylation sites (N-methyl/N-ethyl adjacent to an activating group) is 1. The van der Waals surface area contributed by atoms with E-state index in [0.29, 0.717) is 13.0 Å². The molecular formula is C18H29FN2O3. The van der Waals surface area contributed by atoms with E-state index in [1.807, 2.05) is 6.92 Å². The van der Waals surface area contributed by atoms with E-state index in [2.05, 4.69) is 19.2 Å². The number of halogens is 1. The molecule has 2 N–H and O–H groups in total. The molecule has 0 aromatic heterocycles. The molecule has 0 fully saturated rings. The summed E-state index contributed by atoms with van der Waals surface area (Å²) in [6.45, 7) is 6.62. The molecule has 0 saturated heterocycles. The number of benzene rings is 1. The summed E-state index contributed by atoms with van der Waals surface area (Å²) in [6, 6.07) is 2.66. The molecule has 1 aliphatic rings. The number of amides is 1. The number of fused-ring (bicyclic) bond motifs is 1. The molecule has 1 unspecified atom stereocenters. The Morgan fingerprint density at radius 1 is 1.38 bits per heavy atom. The first-order valence-corrected chi connectivity index (χ1v) is 8.53. The van der Waals surface area contributed by atoms with Gasteiger partial charge in [-0.15, -0.1) is 0 Å². The zero-order chi connectivity index (χ0) is 18.1. The maximum atomic E-state index is 14.1. The van der Waals surface area contributed by atoms with Crippen molar-refractivity contribution in [2.75, 3.05) is 31.7 Å². The highest BCUT2D eigenvalue weighted by Gasteiger charge is 2.23. The Hall–Kier alpha value is -1.82. The highest BCUT2D eigenvalue weighted by molar-refractivity contribution is 5.82. The molecule has 0 aliphatic carbocycles. The summed E-state index contributed by atoms with van der Waals surface area (Å²) in [5.41, 5.74) is 1.51. The van der Waals surface area contributed by atoms with Gasteiger partial charge in [0.25, 0.3) is 0 Å². The van der Waals surface area contributed by atoms with E-state index in [1.165, 1.54) is 12.5 Å². The first kappa shape index (κ1) is 20.2. The van der Waals surface area contributed by atoms with E-state index in [-0.39, 0.29) is 24.8 Å². The molecule has 0 saturated carbocycles. The van der Waals surface area contributed by atoms with Crippen LogP contribution in [0.4, 0.5) is 10.1 Å². The molecule has 1 amide bonds. The minimum Gasteiger partial charge on any atom is -0.490 e. The third kappa shape index (κ3) is 5.67. The van der Waals surface area contributed by atoms with Crippen molar-refractivity contribution in [3.05, 3.63) is 23.5 Å². The molecule has 0 spiro atoms. The summed E-state index contributed by atoms with van der Waals surface area (Å²) >= 11 is 0. The van der Waals surface area contributed by atoms with Gasteiger partial charge in [-0.3, -0.25) is 4.79 Å². The fourth-order valence-electron chi connectivity index (χ4n) is 2.43. The van der Waals surface area contributed by atoms with Crippen molar-refractivity contribution < 1.29 is 19.0 Å². The minimum absolute atomic E-state index is 0.155. The topological polar surface area (TPSA) is 61.8 Å². The van der Waals surface area contributed by atoms with Gasteiger partial charge >= 0.3 is 0 Å². The Labute approximate surface area is 143 Å². The summed E-state index contributed by atoms with van der Waals surface area (Å²) in [6.07, 6.45) is 2.42. The number of rotatable bonds is 4. The number of aliphatic hydroxyl groups excluding tert-OH is 1. The van der Waals surface area contributed by atoms with E-state index in [1.54, 1.807) is 18.0 Å². The molecule has 5 nitrogen and oxygen atoms in total. The smallest absolute Gasteiger partial charge is 0.239 e. The standard InChI is InChI=1S/C15H21FN2O3.C3H8/c1-3-4-21-14-7-13-10(6-12(14)16)5-11(9-19)17-15(20)8-18(13)2;1-3-2/h6-7,11,19H,3-5,8-9H2,1-2H3,(H,17,20);3H2,1-2H3.